The van der Waals surface area contributed by atoms with Gasteiger partial charge in [-0.15, -0.1) is 0 Å². The highest BCUT2D eigenvalue weighted by Crippen LogP contribution is 2.25. The molecule has 1 aromatic rings. The van der Waals surface area contributed by atoms with Gasteiger partial charge in [-0.2, -0.15) is 0 Å². The highest BCUT2D eigenvalue weighted by molar-refractivity contribution is 7.89. The molecule has 0 fully saturated rings. The predicted octanol–water partition coefficient (Wildman–Crippen LogP) is 1.03. The molecule has 0 aromatic heterocycles. The quantitative estimate of drug-likeness (QED) is 0.727. The number of aliphatic hydroxyl groups is 1. The fourth-order valence-electron chi connectivity index (χ4n) is 2.14. The highest BCUT2D eigenvalue weighted by Gasteiger charge is 2.23. The lowest BCUT2D eigenvalue weighted by atomic mass is 10.0. The summed E-state index contributed by atoms with van der Waals surface area (Å²) >= 11 is 0. The Morgan fingerprint density at radius 1 is 1.19 bits per heavy atom. The Hall–Kier alpha value is -1.44. The van der Waals surface area contributed by atoms with Gasteiger partial charge in [-0.3, -0.25) is 4.79 Å². The Kier molecular flexibility index (Phi) is 5.49. The first-order valence-electron chi connectivity index (χ1n) is 6.53. The molecule has 0 saturated carbocycles. The van der Waals surface area contributed by atoms with Crippen LogP contribution >= 0.6 is 0 Å². The first-order chi connectivity index (χ1) is 9.56. The summed E-state index contributed by atoms with van der Waals surface area (Å²) in [5.41, 5.74) is 3.03. The minimum absolute atomic E-state index is 0.197. The molecule has 1 rings (SSSR count). The zero-order valence-corrected chi connectivity index (χ0v) is 13.4. The van der Waals surface area contributed by atoms with Crippen LogP contribution in [-0.4, -0.2) is 37.2 Å². The molecule has 6 nitrogen and oxygen atoms in total. The Labute approximate surface area is 124 Å². The molecule has 1 unspecified atom stereocenters. The summed E-state index contributed by atoms with van der Waals surface area (Å²) in [5.74, 6) is -1.18. The van der Waals surface area contributed by atoms with Gasteiger partial charge in [0.15, 0.2) is 0 Å². The van der Waals surface area contributed by atoms with Gasteiger partial charge in [0.2, 0.25) is 10.0 Å². The molecule has 0 aliphatic rings. The van der Waals surface area contributed by atoms with Crippen LogP contribution in [0.5, 0.6) is 0 Å². The number of aliphatic hydroxyl groups excluding tert-OH is 1. The lowest BCUT2D eigenvalue weighted by molar-refractivity contribution is -0.139. The van der Waals surface area contributed by atoms with Gasteiger partial charge in [-0.05, 0) is 49.9 Å². The van der Waals surface area contributed by atoms with Gasteiger partial charge < -0.3 is 10.2 Å². The largest absolute Gasteiger partial charge is 0.481 e. The summed E-state index contributed by atoms with van der Waals surface area (Å²) < 4.78 is 27.1. The summed E-state index contributed by atoms with van der Waals surface area (Å²) in [6.07, 6.45) is -1.77. The number of hydrogen-bond donors (Lipinski definition) is 3. The molecule has 118 valence electrons. The van der Waals surface area contributed by atoms with E-state index in [0.29, 0.717) is 11.1 Å². The van der Waals surface area contributed by atoms with Crippen LogP contribution in [0.2, 0.25) is 0 Å². The van der Waals surface area contributed by atoms with E-state index in [1.54, 1.807) is 13.8 Å². The van der Waals surface area contributed by atoms with Crippen LogP contribution in [0.4, 0.5) is 0 Å². The highest BCUT2D eigenvalue weighted by atomic mass is 32.2. The Balaban J connectivity index is 3.07. The molecule has 0 saturated heterocycles. The number of carboxylic acids is 1. The molecule has 1 atom stereocenters. The maximum Gasteiger partial charge on any atom is 0.306 e. The molecular weight excluding hydrogens is 294 g/mol. The second kappa shape index (κ2) is 6.55. The molecule has 0 aliphatic heterocycles. The molecule has 0 radical (unpaired) electrons. The molecular formula is C14H21NO5S. The predicted molar refractivity (Wildman–Crippen MR) is 78.8 cm³/mol. The molecule has 1 aromatic carbocycles. The third-order valence-corrected chi connectivity index (χ3v) is 5.18. The lowest BCUT2D eigenvalue weighted by Crippen LogP contribution is -2.34. The van der Waals surface area contributed by atoms with Crippen LogP contribution in [0, 0.1) is 27.7 Å². The van der Waals surface area contributed by atoms with E-state index < -0.39 is 28.5 Å². The van der Waals surface area contributed by atoms with E-state index in [2.05, 4.69) is 4.72 Å². The van der Waals surface area contributed by atoms with E-state index in [-0.39, 0.29) is 11.4 Å². The van der Waals surface area contributed by atoms with E-state index in [1.807, 2.05) is 19.9 Å². The summed E-state index contributed by atoms with van der Waals surface area (Å²) in [7, 11) is -3.80. The minimum atomic E-state index is -3.80. The van der Waals surface area contributed by atoms with Crippen LogP contribution in [0.3, 0.4) is 0 Å². The van der Waals surface area contributed by atoms with Crippen molar-refractivity contribution in [2.45, 2.75) is 45.1 Å². The number of aliphatic carboxylic acids is 1. The number of hydrogen-bond acceptors (Lipinski definition) is 4. The molecule has 7 heteroatoms. The van der Waals surface area contributed by atoms with Crippen molar-refractivity contribution in [2.75, 3.05) is 6.54 Å². The van der Waals surface area contributed by atoms with Crippen molar-refractivity contribution in [3.05, 3.63) is 28.3 Å². The van der Waals surface area contributed by atoms with Gasteiger partial charge >= 0.3 is 5.97 Å². The Morgan fingerprint density at radius 3 is 2.10 bits per heavy atom. The third kappa shape index (κ3) is 4.26. The maximum atomic E-state index is 12.4. The first-order valence-corrected chi connectivity index (χ1v) is 8.01. The van der Waals surface area contributed by atoms with Crippen LogP contribution in [0.15, 0.2) is 11.0 Å². The van der Waals surface area contributed by atoms with E-state index >= 15 is 0 Å². The van der Waals surface area contributed by atoms with Gasteiger partial charge in [0, 0.05) is 6.54 Å². The number of aryl methyl sites for hydroxylation is 2. The van der Waals surface area contributed by atoms with Gasteiger partial charge in [0.05, 0.1) is 17.4 Å². The smallest absolute Gasteiger partial charge is 0.306 e. The topological polar surface area (TPSA) is 104 Å². The second-order valence-corrected chi connectivity index (χ2v) is 6.90. The lowest BCUT2D eigenvalue weighted by Gasteiger charge is -2.17. The maximum absolute atomic E-state index is 12.4. The summed E-state index contributed by atoms with van der Waals surface area (Å²) in [5, 5.41) is 18.0. The summed E-state index contributed by atoms with van der Waals surface area (Å²) in [4.78, 5) is 10.7. The van der Waals surface area contributed by atoms with Crippen molar-refractivity contribution in [1.82, 2.24) is 4.72 Å². The van der Waals surface area contributed by atoms with Crippen molar-refractivity contribution in [2.24, 2.45) is 0 Å². The summed E-state index contributed by atoms with van der Waals surface area (Å²) in [6.45, 7) is 6.79. The standard InChI is InChI=1S/C14H21NO5S/c1-8-5-9(2)11(4)14(10(8)3)21(19,20)15-7-12(16)6-13(17)18/h5,12,15-16H,6-7H2,1-4H3,(H,17,18). The van der Waals surface area contributed by atoms with Gasteiger partial charge in [0.1, 0.15) is 0 Å². The number of benzene rings is 1. The van der Waals surface area contributed by atoms with Crippen LogP contribution in [0.1, 0.15) is 28.7 Å². The first kappa shape index (κ1) is 17.6. The second-order valence-electron chi connectivity index (χ2n) is 5.19. The van der Waals surface area contributed by atoms with Crippen LogP contribution < -0.4 is 4.72 Å². The number of carbonyl (C=O) groups is 1. The van der Waals surface area contributed by atoms with E-state index in [1.165, 1.54) is 0 Å². The van der Waals surface area contributed by atoms with Crippen molar-refractivity contribution >= 4 is 16.0 Å². The number of sulfonamides is 1. The molecule has 0 aliphatic carbocycles. The monoisotopic (exact) mass is 315 g/mol. The van der Waals surface area contributed by atoms with E-state index in [9.17, 15) is 18.3 Å². The Morgan fingerprint density at radius 2 is 1.67 bits per heavy atom. The van der Waals surface area contributed by atoms with Crippen LogP contribution in [0.25, 0.3) is 0 Å². The van der Waals surface area contributed by atoms with Crippen molar-refractivity contribution in [3.8, 4) is 0 Å². The molecule has 3 N–H and O–H groups in total. The zero-order valence-electron chi connectivity index (χ0n) is 12.6. The molecule has 0 amide bonds. The fourth-order valence-corrected chi connectivity index (χ4v) is 3.82. The van der Waals surface area contributed by atoms with Gasteiger partial charge in [-0.25, -0.2) is 13.1 Å². The van der Waals surface area contributed by atoms with Crippen molar-refractivity contribution in [1.29, 1.82) is 0 Å². The molecule has 0 heterocycles. The summed E-state index contributed by atoms with van der Waals surface area (Å²) in [6, 6.07) is 1.92. The van der Waals surface area contributed by atoms with Crippen molar-refractivity contribution in [3.63, 3.8) is 0 Å². The molecule has 21 heavy (non-hydrogen) atoms. The van der Waals surface area contributed by atoms with Crippen LogP contribution in [-0.2, 0) is 14.8 Å². The van der Waals surface area contributed by atoms with E-state index in [4.69, 9.17) is 5.11 Å². The van der Waals surface area contributed by atoms with Crippen molar-refractivity contribution < 1.29 is 23.4 Å². The van der Waals surface area contributed by atoms with Gasteiger partial charge in [0.25, 0.3) is 0 Å². The fraction of sp³-hybridized carbons (Fsp3) is 0.500. The Bertz CT molecular complexity index is 626. The normalized spacial score (nSPS) is 13.2. The minimum Gasteiger partial charge on any atom is -0.481 e. The van der Waals surface area contributed by atoms with Gasteiger partial charge in [-0.1, -0.05) is 6.07 Å². The molecule has 0 bridgehead atoms. The average Bonchev–Trinajstić information content (AvgIpc) is 2.33. The van der Waals surface area contributed by atoms with E-state index in [0.717, 1.165) is 11.1 Å². The average molecular weight is 315 g/mol. The zero-order chi connectivity index (χ0) is 16.4. The molecule has 0 spiro atoms. The third-order valence-electron chi connectivity index (χ3n) is 3.49. The SMILES string of the molecule is Cc1cc(C)c(C)c(S(=O)(=O)NCC(O)CC(=O)O)c1C. The number of rotatable bonds is 6. The number of carboxylic acid groups (broad SMARTS) is 1. The number of nitrogens with one attached hydrogen (secondary N) is 1.